The van der Waals surface area contributed by atoms with Crippen LogP contribution in [0, 0.1) is 11.8 Å². The Morgan fingerprint density at radius 3 is 1.38 bits per heavy atom. The summed E-state index contributed by atoms with van der Waals surface area (Å²) in [5.74, 6) is -2.12. The first-order chi connectivity index (χ1) is 16.1. The normalized spacial score (nSPS) is 33.2. The van der Waals surface area contributed by atoms with Gasteiger partial charge in [-0.3, -0.25) is 9.59 Å². The minimum atomic E-state index is -0.823. The second-order valence-electron chi connectivity index (χ2n) is 8.37. The van der Waals surface area contributed by atoms with Crippen LogP contribution >= 0.6 is 0 Å². The molecule has 34 heavy (non-hydrogen) atoms. The van der Waals surface area contributed by atoms with E-state index in [0.29, 0.717) is 0 Å². The van der Waals surface area contributed by atoms with Gasteiger partial charge in [0.05, 0.1) is 12.2 Å². The monoisotopic (exact) mass is 482 g/mol. The van der Waals surface area contributed by atoms with E-state index in [1.54, 1.807) is 38.2 Å². The van der Waals surface area contributed by atoms with Crippen molar-refractivity contribution in [2.45, 2.75) is 64.8 Å². The van der Waals surface area contributed by atoms with Crippen molar-refractivity contribution in [1.82, 2.24) is 10.6 Å². The quantitative estimate of drug-likeness (QED) is 0.445. The molecule has 2 amide bonds. The minimum Gasteiger partial charge on any atom is -0.461 e. The minimum absolute atomic E-state index is 0.00799. The zero-order valence-electron chi connectivity index (χ0n) is 20.9. The fourth-order valence-electron chi connectivity index (χ4n) is 3.19. The number of ether oxygens (including phenoxy) is 4. The molecule has 0 fully saturated rings. The van der Waals surface area contributed by atoms with Crippen molar-refractivity contribution in [1.29, 1.82) is 0 Å². The Balaban J connectivity index is 2.95. The smallest absolute Gasteiger partial charge is 0.328 e. The van der Waals surface area contributed by atoms with Crippen LogP contribution in [0.2, 0.25) is 0 Å². The lowest BCUT2D eigenvalue weighted by atomic mass is 10.0. The van der Waals surface area contributed by atoms with E-state index in [9.17, 15) is 19.2 Å². The van der Waals surface area contributed by atoms with E-state index in [0.717, 1.165) is 0 Å². The van der Waals surface area contributed by atoms with Gasteiger partial charge < -0.3 is 29.6 Å². The summed E-state index contributed by atoms with van der Waals surface area (Å²) < 4.78 is 21.4. The number of nitrogens with one attached hydrogen (secondary N) is 2. The van der Waals surface area contributed by atoms with Gasteiger partial charge in [0, 0.05) is 38.9 Å². The highest BCUT2D eigenvalue weighted by Crippen LogP contribution is 2.12. The highest BCUT2D eigenvalue weighted by atomic mass is 16.6. The molecular formula is C24H38N2O8. The summed E-state index contributed by atoms with van der Waals surface area (Å²) in [5, 5.41) is 5.20. The largest absolute Gasteiger partial charge is 0.461 e. The third kappa shape index (κ3) is 10.5. The van der Waals surface area contributed by atoms with Gasteiger partial charge in [0.1, 0.15) is 25.3 Å². The Morgan fingerprint density at radius 1 is 0.706 bits per heavy atom. The van der Waals surface area contributed by atoms with Crippen LogP contribution in [0.3, 0.4) is 0 Å². The average molecular weight is 483 g/mol. The number of hydrogen-bond donors (Lipinski definition) is 2. The number of carbonyl (C=O) groups excluding carboxylic acids is 4. The fraction of sp³-hybridized carbons (Fsp3) is 0.667. The Morgan fingerprint density at radius 2 is 1.06 bits per heavy atom. The Bertz CT molecular complexity index is 689. The van der Waals surface area contributed by atoms with E-state index in [1.165, 1.54) is 14.2 Å². The van der Waals surface area contributed by atoms with E-state index in [1.807, 2.05) is 13.8 Å². The molecule has 10 heteroatoms. The molecule has 0 aromatic carbocycles. The zero-order valence-corrected chi connectivity index (χ0v) is 20.9. The van der Waals surface area contributed by atoms with Crippen molar-refractivity contribution in [3.05, 3.63) is 24.3 Å². The summed E-state index contributed by atoms with van der Waals surface area (Å²) in [5.41, 5.74) is 0. The van der Waals surface area contributed by atoms with Crippen molar-refractivity contribution in [3.63, 3.8) is 0 Å². The molecule has 10 nitrogen and oxygen atoms in total. The molecule has 0 saturated carbocycles. The van der Waals surface area contributed by atoms with Crippen LogP contribution in [0.1, 0.15) is 40.5 Å². The van der Waals surface area contributed by atoms with Gasteiger partial charge in [-0.1, -0.05) is 38.2 Å². The topological polar surface area (TPSA) is 129 Å². The molecule has 0 bridgehead atoms. The van der Waals surface area contributed by atoms with E-state index >= 15 is 0 Å². The Kier molecular flexibility index (Phi) is 13.1. The molecule has 0 aliphatic carbocycles. The van der Waals surface area contributed by atoms with Gasteiger partial charge in [0.25, 0.3) is 0 Å². The summed E-state index contributed by atoms with van der Waals surface area (Å²) in [6, 6.07) is -1.65. The SMILES string of the molecule is COC1COC(=O)[C@H](C)NC(=O)C/C=C/[C@H](C)C(OC)COC(=O)[C@H](C)NC(=O)C/C=C/[C@@H]1C. The molecule has 1 aliphatic rings. The summed E-state index contributed by atoms with van der Waals surface area (Å²) in [6.45, 7) is 6.80. The van der Waals surface area contributed by atoms with Crippen molar-refractivity contribution in [2.24, 2.45) is 11.8 Å². The van der Waals surface area contributed by atoms with E-state index in [-0.39, 0.29) is 49.7 Å². The molecular weight excluding hydrogens is 444 g/mol. The first-order valence-corrected chi connectivity index (χ1v) is 11.4. The van der Waals surface area contributed by atoms with Gasteiger partial charge in [0.15, 0.2) is 0 Å². The molecule has 0 aromatic heterocycles. The lowest BCUT2D eigenvalue weighted by Gasteiger charge is -2.22. The first-order valence-electron chi connectivity index (χ1n) is 11.4. The molecule has 192 valence electrons. The van der Waals surface area contributed by atoms with Crippen LogP contribution in [-0.2, 0) is 38.1 Å². The number of carbonyl (C=O) groups is 4. The Labute approximate surface area is 201 Å². The molecule has 6 atom stereocenters. The third-order valence-corrected chi connectivity index (χ3v) is 5.51. The molecule has 1 rings (SSSR count). The predicted molar refractivity (Wildman–Crippen MR) is 125 cm³/mol. The van der Waals surface area contributed by atoms with Gasteiger partial charge in [-0.05, 0) is 13.8 Å². The van der Waals surface area contributed by atoms with Crippen LogP contribution < -0.4 is 10.6 Å². The maximum absolute atomic E-state index is 12.3. The number of hydrogen-bond acceptors (Lipinski definition) is 8. The van der Waals surface area contributed by atoms with Crippen LogP contribution in [0.25, 0.3) is 0 Å². The second kappa shape index (κ2) is 15.2. The molecule has 1 aliphatic heterocycles. The zero-order chi connectivity index (χ0) is 25.7. The maximum Gasteiger partial charge on any atom is 0.328 e. The second-order valence-corrected chi connectivity index (χ2v) is 8.37. The molecule has 0 spiro atoms. The van der Waals surface area contributed by atoms with Crippen molar-refractivity contribution < 1.29 is 38.1 Å². The average Bonchev–Trinajstić information content (AvgIpc) is 2.78. The number of rotatable bonds is 2. The first kappa shape index (κ1) is 29.3. The van der Waals surface area contributed by atoms with Gasteiger partial charge in [-0.15, -0.1) is 0 Å². The number of amides is 2. The van der Waals surface area contributed by atoms with E-state index < -0.39 is 36.2 Å². The number of methoxy groups -OCH3 is 2. The van der Waals surface area contributed by atoms with E-state index in [2.05, 4.69) is 10.6 Å². The molecule has 2 unspecified atom stereocenters. The lowest BCUT2D eigenvalue weighted by Crippen LogP contribution is -2.41. The maximum atomic E-state index is 12.3. The number of cyclic esters (lactones) is 2. The fourth-order valence-corrected chi connectivity index (χ4v) is 3.19. The highest BCUT2D eigenvalue weighted by Gasteiger charge is 2.23. The summed E-state index contributed by atoms with van der Waals surface area (Å²) in [6.07, 6.45) is 6.13. The van der Waals surface area contributed by atoms with Crippen LogP contribution in [0.15, 0.2) is 24.3 Å². The molecule has 1 heterocycles. The summed E-state index contributed by atoms with van der Waals surface area (Å²) in [4.78, 5) is 48.9. The predicted octanol–water partition coefficient (Wildman–Crippen LogP) is 1.29. The van der Waals surface area contributed by atoms with Gasteiger partial charge in [-0.2, -0.15) is 0 Å². The standard InChI is InChI=1S/C24H38N2O8/c1-15-9-7-11-21(27)25-18(4)24(30)34-14-20(32-6)16(2)10-8-12-22(28)26-17(3)23(29)33-13-19(15)31-5/h7-10,15-20H,11-14H2,1-6H3,(H,25,27)(H,26,28)/b9-7+,10-8+/t15-,16-,17-,18-,19?,20?/m0/s1. The molecule has 0 aromatic rings. The van der Waals surface area contributed by atoms with Gasteiger partial charge in [0.2, 0.25) is 11.8 Å². The van der Waals surface area contributed by atoms with Crippen molar-refractivity contribution in [3.8, 4) is 0 Å². The van der Waals surface area contributed by atoms with Crippen molar-refractivity contribution in [2.75, 3.05) is 27.4 Å². The van der Waals surface area contributed by atoms with Crippen LogP contribution in [0.4, 0.5) is 0 Å². The van der Waals surface area contributed by atoms with E-state index in [4.69, 9.17) is 18.9 Å². The summed E-state index contributed by atoms with van der Waals surface area (Å²) in [7, 11) is 3.00. The number of esters is 2. The van der Waals surface area contributed by atoms with Crippen LogP contribution in [0.5, 0.6) is 0 Å². The van der Waals surface area contributed by atoms with Crippen LogP contribution in [-0.4, -0.2) is 75.5 Å². The third-order valence-electron chi connectivity index (χ3n) is 5.51. The Hall–Kier alpha value is -2.72. The van der Waals surface area contributed by atoms with Gasteiger partial charge >= 0.3 is 11.9 Å². The molecule has 0 radical (unpaired) electrons. The molecule has 2 N–H and O–H groups in total. The van der Waals surface area contributed by atoms with Crippen molar-refractivity contribution >= 4 is 23.8 Å². The van der Waals surface area contributed by atoms with Gasteiger partial charge in [-0.25, -0.2) is 9.59 Å². The molecule has 0 saturated heterocycles. The summed E-state index contributed by atoms with van der Waals surface area (Å²) >= 11 is 0. The lowest BCUT2D eigenvalue weighted by molar-refractivity contribution is -0.151. The highest BCUT2D eigenvalue weighted by molar-refractivity contribution is 5.85.